The van der Waals surface area contributed by atoms with Gasteiger partial charge in [-0.15, -0.1) is 13.2 Å². The first-order chi connectivity index (χ1) is 16.0. The number of benzene rings is 3. The molecule has 3 aromatic rings. The van der Waals surface area contributed by atoms with Gasteiger partial charge in [0.25, 0.3) is 11.8 Å². The summed E-state index contributed by atoms with van der Waals surface area (Å²) >= 11 is 0. The van der Waals surface area contributed by atoms with Gasteiger partial charge in [-0.3, -0.25) is 9.59 Å². The Morgan fingerprint density at radius 2 is 1.35 bits per heavy atom. The van der Waals surface area contributed by atoms with Crippen LogP contribution in [-0.4, -0.2) is 18.2 Å². The number of hydrogen-bond donors (Lipinski definition) is 1. The second-order valence-electron chi connectivity index (χ2n) is 8.10. The van der Waals surface area contributed by atoms with Crippen molar-refractivity contribution in [2.45, 2.75) is 27.1 Å². The Balaban J connectivity index is 1.74. The van der Waals surface area contributed by atoms with Crippen LogP contribution in [0.2, 0.25) is 0 Å². The zero-order valence-electron chi connectivity index (χ0n) is 18.7. The van der Waals surface area contributed by atoms with E-state index in [4.69, 9.17) is 0 Å². The molecule has 0 saturated carbocycles. The summed E-state index contributed by atoms with van der Waals surface area (Å²) in [5, 5.41) is 2.93. The summed E-state index contributed by atoms with van der Waals surface area (Å²) in [6.45, 7) is 5.66. The Morgan fingerprint density at radius 1 is 0.765 bits per heavy atom. The molecule has 34 heavy (non-hydrogen) atoms. The van der Waals surface area contributed by atoms with E-state index in [1.54, 1.807) is 24.3 Å². The number of hydrogen-bond acceptors (Lipinski definition) is 4. The Morgan fingerprint density at radius 3 is 1.91 bits per heavy atom. The van der Waals surface area contributed by atoms with E-state index in [0.29, 0.717) is 16.9 Å². The number of nitrogens with zero attached hydrogens (tertiary/aromatic N) is 1. The number of rotatable bonds is 5. The van der Waals surface area contributed by atoms with E-state index in [9.17, 15) is 22.8 Å². The molecule has 0 aromatic heterocycles. The van der Waals surface area contributed by atoms with Crippen LogP contribution < -0.4 is 15.0 Å². The highest BCUT2D eigenvalue weighted by Gasteiger charge is 2.40. The molecule has 0 saturated heterocycles. The quantitative estimate of drug-likeness (QED) is 0.475. The first kappa shape index (κ1) is 23.1. The van der Waals surface area contributed by atoms with Crippen molar-refractivity contribution in [2.24, 2.45) is 0 Å². The number of nitrogens with one attached hydrogen (secondary N) is 1. The van der Waals surface area contributed by atoms with Crippen molar-refractivity contribution in [3.05, 3.63) is 94.7 Å². The topological polar surface area (TPSA) is 58.6 Å². The number of carbonyl (C=O) groups excluding carboxylic acids is 2. The highest BCUT2D eigenvalue weighted by molar-refractivity contribution is 6.46. The lowest BCUT2D eigenvalue weighted by Gasteiger charge is -2.17. The first-order valence-corrected chi connectivity index (χ1v) is 10.4. The lowest BCUT2D eigenvalue weighted by molar-refractivity contribution is -0.274. The molecule has 2 amide bonds. The maximum Gasteiger partial charge on any atom is 0.573 e. The standard InChI is InChI=1S/C26H21F3N2O3/c1-15-4-6-18(7-5-15)22-23(30-19-8-10-21(11-9-19)34-26(27,28)29)25(33)31(24(22)32)20-13-16(2)12-17(3)14-20/h4-14,30H,1-3H3. The highest BCUT2D eigenvalue weighted by atomic mass is 19.4. The summed E-state index contributed by atoms with van der Waals surface area (Å²) in [4.78, 5) is 28.1. The van der Waals surface area contributed by atoms with Gasteiger partial charge in [0.15, 0.2) is 0 Å². The maximum absolute atomic E-state index is 13.5. The smallest absolute Gasteiger partial charge is 0.406 e. The van der Waals surface area contributed by atoms with Gasteiger partial charge in [0, 0.05) is 5.69 Å². The van der Waals surface area contributed by atoms with E-state index in [1.165, 1.54) is 12.1 Å². The van der Waals surface area contributed by atoms with Crippen LogP contribution in [0.4, 0.5) is 24.5 Å². The SMILES string of the molecule is Cc1ccc(C2=C(Nc3ccc(OC(F)(F)F)cc3)C(=O)N(c3cc(C)cc(C)c3)C2=O)cc1. The third kappa shape index (κ3) is 4.80. The molecule has 0 radical (unpaired) electrons. The van der Waals surface area contributed by atoms with Gasteiger partial charge in [-0.1, -0.05) is 35.9 Å². The van der Waals surface area contributed by atoms with Gasteiger partial charge in [0.1, 0.15) is 11.4 Å². The average molecular weight is 466 g/mol. The van der Waals surface area contributed by atoms with Gasteiger partial charge in [-0.05, 0) is 73.9 Å². The molecule has 1 N–H and O–H groups in total. The number of imide groups is 1. The van der Waals surface area contributed by atoms with Crippen LogP contribution in [0, 0.1) is 20.8 Å². The van der Waals surface area contributed by atoms with Crippen LogP contribution in [0.3, 0.4) is 0 Å². The minimum atomic E-state index is -4.81. The van der Waals surface area contributed by atoms with Crippen LogP contribution in [0.15, 0.2) is 72.4 Å². The lowest BCUT2D eigenvalue weighted by atomic mass is 10.0. The summed E-state index contributed by atoms with van der Waals surface area (Å²) < 4.78 is 41.3. The summed E-state index contributed by atoms with van der Waals surface area (Å²) in [6, 6.07) is 17.6. The van der Waals surface area contributed by atoms with E-state index >= 15 is 0 Å². The van der Waals surface area contributed by atoms with Gasteiger partial charge in [-0.25, -0.2) is 4.90 Å². The second kappa shape index (κ2) is 8.70. The normalized spacial score (nSPS) is 14.1. The first-order valence-electron chi connectivity index (χ1n) is 10.4. The molecule has 3 aromatic carbocycles. The van der Waals surface area contributed by atoms with Crippen molar-refractivity contribution in [1.82, 2.24) is 0 Å². The molecule has 8 heteroatoms. The fourth-order valence-corrected chi connectivity index (χ4v) is 3.83. The molecule has 0 fully saturated rings. The van der Waals surface area contributed by atoms with Crippen LogP contribution in [-0.2, 0) is 9.59 Å². The van der Waals surface area contributed by atoms with Gasteiger partial charge < -0.3 is 10.1 Å². The molecular weight excluding hydrogens is 445 g/mol. The van der Waals surface area contributed by atoms with E-state index in [1.807, 2.05) is 39.0 Å². The molecule has 1 aliphatic rings. The van der Waals surface area contributed by atoms with E-state index in [2.05, 4.69) is 10.1 Å². The molecule has 0 bridgehead atoms. The lowest BCUT2D eigenvalue weighted by Crippen LogP contribution is -2.32. The van der Waals surface area contributed by atoms with Gasteiger partial charge in [0.05, 0.1) is 11.3 Å². The van der Waals surface area contributed by atoms with Crippen molar-refractivity contribution >= 4 is 28.8 Å². The Bertz CT molecular complexity index is 1270. The summed E-state index contributed by atoms with van der Waals surface area (Å²) in [6.07, 6.45) is -4.81. The van der Waals surface area contributed by atoms with E-state index in [-0.39, 0.29) is 11.3 Å². The van der Waals surface area contributed by atoms with Crippen LogP contribution in [0.1, 0.15) is 22.3 Å². The zero-order chi connectivity index (χ0) is 24.6. The molecule has 4 rings (SSSR count). The minimum Gasteiger partial charge on any atom is -0.406 e. The van der Waals surface area contributed by atoms with Crippen molar-refractivity contribution in [3.8, 4) is 5.75 Å². The molecule has 0 atom stereocenters. The Labute approximate surface area is 194 Å². The van der Waals surface area contributed by atoms with E-state index in [0.717, 1.165) is 33.7 Å². The monoisotopic (exact) mass is 466 g/mol. The largest absolute Gasteiger partial charge is 0.573 e. The average Bonchev–Trinajstić information content (AvgIpc) is 2.98. The van der Waals surface area contributed by atoms with Crippen molar-refractivity contribution in [1.29, 1.82) is 0 Å². The van der Waals surface area contributed by atoms with Crippen molar-refractivity contribution < 1.29 is 27.5 Å². The number of aryl methyl sites for hydroxylation is 3. The molecular formula is C26H21F3N2O3. The minimum absolute atomic E-state index is 0.0394. The molecule has 5 nitrogen and oxygen atoms in total. The van der Waals surface area contributed by atoms with Gasteiger partial charge in [-0.2, -0.15) is 0 Å². The number of ether oxygens (including phenoxy) is 1. The van der Waals surface area contributed by atoms with Crippen molar-refractivity contribution in [3.63, 3.8) is 0 Å². The number of halogens is 3. The second-order valence-corrected chi connectivity index (χ2v) is 8.10. The summed E-state index contributed by atoms with van der Waals surface area (Å²) in [5.74, 6) is -1.43. The number of amides is 2. The van der Waals surface area contributed by atoms with Crippen LogP contribution in [0.25, 0.3) is 5.57 Å². The molecule has 0 aliphatic carbocycles. The summed E-state index contributed by atoms with van der Waals surface area (Å²) in [7, 11) is 0. The molecule has 0 spiro atoms. The van der Waals surface area contributed by atoms with Crippen molar-refractivity contribution in [2.75, 3.05) is 10.2 Å². The Hall–Kier alpha value is -4.07. The zero-order valence-corrected chi connectivity index (χ0v) is 18.7. The van der Waals surface area contributed by atoms with Gasteiger partial charge in [0.2, 0.25) is 0 Å². The Kier molecular flexibility index (Phi) is 5.91. The third-order valence-corrected chi connectivity index (χ3v) is 5.25. The predicted molar refractivity (Wildman–Crippen MR) is 123 cm³/mol. The molecule has 1 aliphatic heterocycles. The fourth-order valence-electron chi connectivity index (χ4n) is 3.83. The molecule has 0 unspecified atom stereocenters. The fraction of sp³-hybridized carbons (Fsp3) is 0.154. The highest BCUT2D eigenvalue weighted by Crippen LogP contribution is 2.35. The number of anilines is 2. The number of alkyl halides is 3. The van der Waals surface area contributed by atoms with Gasteiger partial charge >= 0.3 is 6.36 Å². The maximum atomic E-state index is 13.5. The molecule has 1 heterocycles. The predicted octanol–water partition coefficient (Wildman–Crippen LogP) is 5.91. The summed E-state index contributed by atoms with van der Waals surface area (Å²) in [5.41, 5.74) is 4.33. The van der Waals surface area contributed by atoms with Crippen LogP contribution >= 0.6 is 0 Å². The third-order valence-electron chi connectivity index (χ3n) is 5.25. The van der Waals surface area contributed by atoms with Crippen LogP contribution in [0.5, 0.6) is 5.75 Å². The van der Waals surface area contributed by atoms with E-state index < -0.39 is 23.9 Å². The molecule has 174 valence electrons. The number of carbonyl (C=O) groups is 2.